The first kappa shape index (κ1) is 19.8. The number of carbonyl (C=O) groups excluding carboxylic acids is 1. The minimum atomic E-state index is -0.125. The van der Waals surface area contributed by atoms with Gasteiger partial charge in [0.1, 0.15) is 0 Å². The molecule has 1 N–H and O–H groups in total. The minimum absolute atomic E-state index is 0. The molecule has 3 nitrogen and oxygen atoms in total. The molecule has 0 fully saturated rings. The van der Waals surface area contributed by atoms with E-state index in [1.165, 1.54) is 30.7 Å². The molecule has 2 aromatic carbocycles. The van der Waals surface area contributed by atoms with E-state index in [4.69, 9.17) is 5.11 Å². The average molecular weight is 497 g/mol. The van der Waals surface area contributed by atoms with Gasteiger partial charge in [0.15, 0.2) is 5.78 Å². The summed E-state index contributed by atoms with van der Waals surface area (Å²) < 4.78 is 0. The van der Waals surface area contributed by atoms with E-state index in [-0.39, 0.29) is 31.6 Å². The second-order valence-corrected chi connectivity index (χ2v) is 5.05. The average Bonchev–Trinajstić information content (AvgIpc) is 2.54. The van der Waals surface area contributed by atoms with Crippen molar-refractivity contribution in [2.45, 2.75) is 13.8 Å². The van der Waals surface area contributed by atoms with Gasteiger partial charge in [-0.25, -0.2) is 0 Å². The van der Waals surface area contributed by atoms with Crippen molar-refractivity contribution in [3.63, 3.8) is 0 Å². The number of aliphatic hydroxyl groups excluding tert-OH is 1. The van der Waals surface area contributed by atoms with Crippen LogP contribution in [0.5, 0.6) is 0 Å². The van der Waals surface area contributed by atoms with E-state index in [2.05, 4.69) is 29.2 Å². The third-order valence-corrected chi connectivity index (χ3v) is 3.05. The van der Waals surface area contributed by atoms with Crippen LogP contribution < -0.4 is 0 Å². The molecule has 0 saturated carbocycles. The number of rotatable bonds is 2. The van der Waals surface area contributed by atoms with Gasteiger partial charge in [-0.15, -0.1) is 29.1 Å². The van der Waals surface area contributed by atoms with Crippen molar-refractivity contribution in [2.75, 3.05) is 0 Å². The van der Waals surface area contributed by atoms with E-state index >= 15 is 0 Å². The van der Waals surface area contributed by atoms with Gasteiger partial charge in [0, 0.05) is 32.4 Å². The largest absolute Gasteiger partial charge is 0.512 e. The maximum atomic E-state index is 10.0. The van der Waals surface area contributed by atoms with Gasteiger partial charge in [-0.2, -0.15) is 0 Å². The third kappa shape index (κ3) is 5.73. The summed E-state index contributed by atoms with van der Waals surface area (Å²) in [6.45, 7) is 2.85. The molecule has 0 saturated heterocycles. The fourth-order valence-electron chi connectivity index (χ4n) is 2.18. The molecule has 1 radical (unpaired) electrons. The predicted octanol–water partition coefficient (Wildman–Crippen LogP) is 4.74. The molecule has 24 heavy (non-hydrogen) atoms. The first-order valence-corrected chi connectivity index (χ1v) is 7.26. The third-order valence-electron chi connectivity index (χ3n) is 3.05. The molecule has 0 aliphatic carbocycles. The van der Waals surface area contributed by atoms with E-state index in [0.29, 0.717) is 0 Å². The fourth-order valence-corrected chi connectivity index (χ4v) is 2.18. The molecule has 0 unspecified atom stereocenters. The Morgan fingerprint density at radius 3 is 2.38 bits per heavy atom. The number of ketones is 1. The van der Waals surface area contributed by atoms with Crippen LogP contribution in [0.3, 0.4) is 0 Å². The molecule has 3 aromatic rings. The van der Waals surface area contributed by atoms with Crippen LogP contribution in [0.2, 0.25) is 0 Å². The summed E-state index contributed by atoms with van der Waals surface area (Å²) in [6.07, 6.45) is 2.98. The molecule has 0 aliphatic rings. The molecule has 4 heteroatoms. The summed E-state index contributed by atoms with van der Waals surface area (Å²) in [6, 6.07) is 21.5. The van der Waals surface area contributed by atoms with Crippen molar-refractivity contribution in [3.8, 4) is 11.3 Å². The van der Waals surface area contributed by atoms with Gasteiger partial charge in [-0.1, -0.05) is 41.8 Å². The first-order valence-electron chi connectivity index (χ1n) is 7.26. The molecular formula is C20H18IrNO2-. The van der Waals surface area contributed by atoms with E-state index in [1.54, 1.807) is 0 Å². The van der Waals surface area contributed by atoms with Gasteiger partial charge in [-0.05, 0) is 25.6 Å². The van der Waals surface area contributed by atoms with Crippen LogP contribution >= 0.6 is 0 Å². The topological polar surface area (TPSA) is 50.2 Å². The zero-order valence-corrected chi connectivity index (χ0v) is 15.9. The van der Waals surface area contributed by atoms with Crippen LogP contribution in [0, 0.1) is 6.07 Å². The predicted molar refractivity (Wildman–Crippen MR) is 93.1 cm³/mol. The Labute approximate surface area is 155 Å². The molecule has 0 atom stereocenters. The van der Waals surface area contributed by atoms with Gasteiger partial charge in [0.25, 0.3) is 0 Å². The summed E-state index contributed by atoms with van der Waals surface area (Å²) >= 11 is 0. The van der Waals surface area contributed by atoms with Gasteiger partial charge in [0.05, 0.1) is 5.76 Å². The quantitative estimate of drug-likeness (QED) is 0.317. The number of aliphatic hydroxyl groups is 1. The fraction of sp³-hybridized carbons (Fsp3) is 0.100. The van der Waals surface area contributed by atoms with Gasteiger partial charge < -0.3 is 10.1 Å². The number of aromatic nitrogens is 1. The van der Waals surface area contributed by atoms with Crippen LogP contribution in [0.1, 0.15) is 13.8 Å². The molecule has 0 spiro atoms. The number of nitrogens with zero attached hydrogens (tertiary/aromatic N) is 1. The SMILES string of the molecule is CC(=O)C=C(C)O.[Ir].[c-]1ccc2ccccc2c1-c1ccccn1. The number of fused-ring (bicyclic) bond motifs is 1. The van der Waals surface area contributed by atoms with Crippen LogP contribution in [0.15, 0.2) is 72.6 Å². The van der Waals surface area contributed by atoms with E-state index in [9.17, 15) is 4.79 Å². The van der Waals surface area contributed by atoms with Crippen molar-refractivity contribution >= 4 is 16.6 Å². The maximum Gasteiger partial charge on any atom is 0.155 e. The van der Waals surface area contributed by atoms with E-state index in [0.717, 1.165) is 11.3 Å². The molecule has 1 heterocycles. The molecule has 125 valence electrons. The zero-order chi connectivity index (χ0) is 16.7. The minimum Gasteiger partial charge on any atom is -0.512 e. The molecule has 3 rings (SSSR count). The Balaban J connectivity index is 0.000000312. The van der Waals surface area contributed by atoms with E-state index in [1.807, 2.05) is 42.6 Å². The monoisotopic (exact) mass is 497 g/mol. The number of carbonyl (C=O) groups is 1. The van der Waals surface area contributed by atoms with Gasteiger partial charge in [0.2, 0.25) is 0 Å². The summed E-state index contributed by atoms with van der Waals surface area (Å²) in [4.78, 5) is 14.4. The van der Waals surface area contributed by atoms with Crippen molar-refractivity contribution in [1.29, 1.82) is 0 Å². The Morgan fingerprint density at radius 2 is 1.79 bits per heavy atom. The Hall–Kier alpha value is -2.29. The van der Waals surface area contributed by atoms with Crippen LogP contribution in [0.4, 0.5) is 0 Å². The molecular weight excluding hydrogens is 478 g/mol. The van der Waals surface area contributed by atoms with Crippen molar-refractivity contribution < 1.29 is 30.0 Å². The molecule has 1 aromatic heterocycles. The standard InChI is InChI=1S/C15H10N.C5H8O2.Ir/c1-2-8-13-12(6-1)7-5-9-14(13)15-10-3-4-11-16-15;1-4(6)3-5(2)7;/h1-8,10-11H;3,6H,1-2H3;/q-1;;. The number of benzene rings is 2. The number of allylic oxidation sites excluding steroid dienone is 2. The number of pyridine rings is 1. The molecule has 0 bridgehead atoms. The molecule has 0 aliphatic heterocycles. The Kier molecular flexibility index (Phi) is 8.03. The van der Waals surface area contributed by atoms with Crippen LogP contribution in [0.25, 0.3) is 22.0 Å². The van der Waals surface area contributed by atoms with Crippen LogP contribution in [-0.2, 0) is 24.9 Å². The van der Waals surface area contributed by atoms with Crippen molar-refractivity contribution in [2.24, 2.45) is 0 Å². The van der Waals surface area contributed by atoms with Crippen molar-refractivity contribution in [3.05, 3.63) is 78.7 Å². The Bertz CT molecular complexity index is 820. The van der Waals surface area contributed by atoms with Crippen molar-refractivity contribution in [1.82, 2.24) is 4.98 Å². The Morgan fingerprint density at radius 1 is 1.08 bits per heavy atom. The maximum absolute atomic E-state index is 10.0. The summed E-state index contributed by atoms with van der Waals surface area (Å²) in [7, 11) is 0. The summed E-state index contributed by atoms with van der Waals surface area (Å²) in [5, 5.41) is 10.8. The second-order valence-electron chi connectivity index (χ2n) is 5.05. The summed E-state index contributed by atoms with van der Waals surface area (Å²) in [5.74, 6) is -0.0625. The summed E-state index contributed by atoms with van der Waals surface area (Å²) in [5.41, 5.74) is 2.04. The number of hydrogen-bond acceptors (Lipinski definition) is 3. The smallest absolute Gasteiger partial charge is 0.155 e. The van der Waals surface area contributed by atoms with Gasteiger partial charge >= 0.3 is 0 Å². The van der Waals surface area contributed by atoms with Crippen LogP contribution in [-0.4, -0.2) is 15.9 Å². The van der Waals surface area contributed by atoms with Gasteiger partial charge in [-0.3, -0.25) is 4.79 Å². The zero-order valence-electron chi connectivity index (χ0n) is 13.5. The first-order chi connectivity index (χ1) is 11.1. The number of hydrogen-bond donors (Lipinski definition) is 1. The second kappa shape index (κ2) is 9.76. The molecule has 0 amide bonds. The normalized spacial score (nSPS) is 10.3. The van der Waals surface area contributed by atoms with E-state index < -0.39 is 0 Å².